The Kier molecular flexibility index (Phi) is 5.43. The number of amides is 1. The maximum Gasteiger partial charge on any atom is 0.250 e. The molecule has 5 nitrogen and oxygen atoms in total. The van der Waals surface area contributed by atoms with Crippen molar-refractivity contribution >= 4 is 5.91 Å². The van der Waals surface area contributed by atoms with E-state index < -0.39 is 6.10 Å². The van der Waals surface area contributed by atoms with Gasteiger partial charge < -0.3 is 15.2 Å². The lowest BCUT2D eigenvalue weighted by atomic mass is 10.1. The summed E-state index contributed by atoms with van der Waals surface area (Å²) in [6.45, 7) is 3.00. The Bertz CT molecular complexity index is 546. The van der Waals surface area contributed by atoms with Crippen molar-refractivity contribution in [3.8, 4) is 0 Å². The summed E-state index contributed by atoms with van der Waals surface area (Å²) in [6, 6.07) is 10.3. The van der Waals surface area contributed by atoms with Crippen LogP contribution in [-0.4, -0.2) is 54.4 Å². The number of morpholine rings is 1. The minimum absolute atomic E-state index is 0.00718. The molecule has 1 aliphatic heterocycles. The van der Waals surface area contributed by atoms with Gasteiger partial charge in [0.05, 0.1) is 6.61 Å². The minimum Gasteiger partial charge on any atom is -0.396 e. The highest BCUT2D eigenvalue weighted by molar-refractivity contribution is 5.81. The first-order chi connectivity index (χ1) is 11.2. The van der Waals surface area contributed by atoms with Crippen molar-refractivity contribution in [2.24, 2.45) is 5.92 Å². The van der Waals surface area contributed by atoms with Crippen LogP contribution in [0.5, 0.6) is 0 Å². The first kappa shape index (κ1) is 16.2. The Hall–Kier alpha value is -1.69. The maximum atomic E-state index is 12.4. The van der Waals surface area contributed by atoms with Crippen molar-refractivity contribution in [2.75, 3.05) is 26.3 Å². The quantitative estimate of drug-likeness (QED) is 0.794. The number of nitrogens with zero attached hydrogens (tertiary/aromatic N) is 1. The molecule has 0 spiro atoms. The van der Waals surface area contributed by atoms with Gasteiger partial charge >= 0.3 is 0 Å². The Morgan fingerprint density at radius 2 is 2.13 bits per heavy atom. The van der Waals surface area contributed by atoms with Crippen molar-refractivity contribution in [1.29, 1.82) is 0 Å². The third-order valence-electron chi connectivity index (χ3n) is 4.43. The van der Waals surface area contributed by atoms with E-state index >= 15 is 0 Å². The van der Waals surface area contributed by atoms with E-state index in [-0.39, 0.29) is 24.5 Å². The first-order valence-electron chi connectivity index (χ1n) is 8.22. The lowest BCUT2D eigenvalue weighted by molar-refractivity contribution is -0.139. The second-order valence-corrected chi connectivity index (χ2v) is 6.26. The molecule has 0 saturated carbocycles. The molecule has 1 aromatic carbocycles. The number of aliphatic hydroxyl groups is 1. The van der Waals surface area contributed by atoms with Crippen LogP contribution in [0.2, 0.25) is 0 Å². The molecule has 0 aromatic heterocycles. The molecule has 0 radical (unpaired) electrons. The summed E-state index contributed by atoms with van der Waals surface area (Å²) < 4.78 is 5.64. The molecule has 0 bridgehead atoms. The van der Waals surface area contributed by atoms with E-state index in [2.05, 4.69) is 22.3 Å². The first-order valence-corrected chi connectivity index (χ1v) is 8.22. The highest BCUT2D eigenvalue weighted by Crippen LogP contribution is 2.18. The van der Waals surface area contributed by atoms with Crippen LogP contribution in [0.4, 0.5) is 0 Å². The van der Waals surface area contributed by atoms with Crippen LogP contribution in [-0.2, 0) is 16.1 Å². The maximum absolute atomic E-state index is 12.4. The van der Waals surface area contributed by atoms with Gasteiger partial charge in [-0.15, -0.1) is 0 Å². The molecular weight excluding hydrogens is 292 g/mol. The molecule has 2 aliphatic rings. The zero-order chi connectivity index (χ0) is 16.1. The normalized spacial score (nSPS) is 28.0. The summed E-state index contributed by atoms with van der Waals surface area (Å²) in [7, 11) is 0. The van der Waals surface area contributed by atoms with E-state index in [1.807, 2.05) is 30.4 Å². The van der Waals surface area contributed by atoms with Crippen molar-refractivity contribution in [3.63, 3.8) is 0 Å². The van der Waals surface area contributed by atoms with Gasteiger partial charge in [0.2, 0.25) is 0 Å². The van der Waals surface area contributed by atoms with Gasteiger partial charge in [-0.2, -0.15) is 0 Å². The zero-order valence-electron chi connectivity index (χ0n) is 13.2. The van der Waals surface area contributed by atoms with Crippen LogP contribution in [0, 0.1) is 5.92 Å². The number of carbonyl (C=O) groups is 1. The molecule has 1 amide bonds. The Morgan fingerprint density at radius 1 is 1.30 bits per heavy atom. The van der Waals surface area contributed by atoms with Gasteiger partial charge in [0.1, 0.15) is 6.10 Å². The van der Waals surface area contributed by atoms with Gasteiger partial charge in [0, 0.05) is 38.2 Å². The molecule has 5 heteroatoms. The minimum atomic E-state index is -0.422. The van der Waals surface area contributed by atoms with Gasteiger partial charge in [-0.3, -0.25) is 9.69 Å². The highest BCUT2D eigenvalue weighted by atomic mass is 16.5. The van der Waals surface area contributed by atoms with Crippen molar-refractivity contribution in [2.45, 2.75) is 25.1 Å². The van der Waals surface area contributed by atoms with E-state index in [0.717, 1.165) is 19.5 Å². The van der Waals surface area contributed by atoms with Crippen molar-refractivity contribution in [1.82, 2.24) is 10.2 Å². The molecule has 2 N–H and O–H groups in total. The molecule has 1 saturated heterocycles. The van der Waals surface area contributed by atoms with E-state index in [1.54, 1.807) is 0 Å². The van der Waals surface area contributed by atoms with Gasteiger partial charge in [-0.05, 0) is 12.0 Å². The number of ether oxygens (including phenoxy) is 1. The Labute approximate surface area is 136 Å². The third kappa shape index (κ3) is 4.41. The smallest absolute Gasteiger partial charge is 0.250 e. The lowest BCUT2D eigenvalue weighted by Crippen LogP contribution is -2.51. The highest BCUT2D eigenvalue weighted by Gasteiger charge is 2.29. The van der Waals surface area contributed by atoms with Gasteiger partial charge in [0.25, 0.3) is 5.91 Å². The SMILES string of the molecule is O=C(N[C@@H]1C=C[C@H](CO)C1)C1CN(Cc2ccccc2)CCO1. The zero-order valence-corrected chi connectivity index (χ0v) is 13.2. The topological polar surface area (TPSA) is 61.8 Å². The fraction of sp³-hybridized carbons (Fsp3) is 0.500. The van der Waals surface area contributed by atoms with Crippen LogP contribution in [0.25, 0.3) is 0 Å². The Morgan fingerprint density at radius 3 is 2.87 bits per heavy atom. The molecule has 1 fully saturated rings. The summed E-state index contributed by atoms with van der Waals surface area (Å²) in [5.74, 6) is 0.0955. The van der Waals surface area contributed by atoms with E-state index in [9.17, 15) is 4.79 Å². The monoisotopic (exact) mass is 316 g/mol. The van der Waals surface area contributed by atoms with Gasteiger partial charge in [-0.1, -0.05) is 42.5 Å². The molecule has 1 heterocycles. The second kappa shape index (κ2) is 7.73. The largest absolute Gasteiger partial charge is 0.396 e. The number of aliphatic hydroxyl groups excluding tert-OH is 1. The van der Waals surface area contributed by atoms with E-state index in [0.29, 0.717) is 13.2 Å². The number of hydrogen-bond acceptors (Lipinski definition) is 4. The average molecular weight is 316 g/mol. The molecular formula is C18H24N2O3. The molecule has 23 heavy (non-hydrogen) atoms. The predicted octanol–water partition coefficient (Wildman–Crippen LogP) is 0.941. The number of carbonyl (C=O) groups excluding carboxylic acids is 1. The standard InChI is InChI=1S/C18H24N2O3/c21-13-15-6-7-16(10-15)19-18(22)17-12-20(8-9-23-17)11-14-4-2-1-3-5-14/h1-7,15-17,21H,8-13H2,(H,19,22)/t15-,16+,17?/m0/s1. The Balaban J connectivity index is 1.50. The number of nitrogens with one attached hydrogen (secondary N) is 1. The van der Waals surface area contributed by atoms with Crippen molar-refractivity contribution < 1.29 is 14.6 Å². The van der Waals surface area contributed by atoms with Gasteiger partial charge in [-0.25, -0.2) is 0 Å². The van der Waals surface area contributed by atoms with Crippen LogP contribution >= 0.6 is 0 Å². The second-order valence-electron chi connectivity index (χ2n) is 6.26. The summed E-state index contributed by atoms with van der Waals surface area (Å²) in [6.07, 6.45) is 4.27. The molecule has 3 rings (SSSR count). The molecule has 1 aliphatic carbocycles. The lowest BCUT2D eigenvalue weighted by Gasteiger charge is -2.32. The summed E-state index contributed by atoms with van der Waals surface area (Å²) >= 11 is 0. The van der Waals surface area contributed by atoms with Crippen LogP contribution < -0.4 is 5.32 Å². The molecule has 1 aromatic rings. The van der Waals surface area contributed by atoms with Crippen molar-refractivity contribution in [3.05, 3.63) is 48.0 Å². The summed E-state index contributed by atoms with van der Waals surface area (Å²) in [5.41, 5.74) is 1.25. The molecule has 124 valence electrons. The third-order valence-corrected chi connectivity index (χ3v) is 4.43. The number of hydrogen-bond donors (Lipinski definition) is 2. The summed E-state index contributed by atoms with van der Waals surface area (Å²) in [4.78, 5) is 14.6. The fourth-order valence-electron chi connectivity index (χ4n) is 3.14. The average Bonchev–Trinajstić information content (AvgIpc) is 3.03. The predicted molar refractivity (Wildman–Crippen MR) is 87.7 cm³/mol. The summed E-state index contributed by atoms with van der Waals surface area (Å²) in [5, 5.41) is 12.2. The van der Waals surface area contributed by atoms with Crippen LogP contribution in [0.1, 0.15) is 12.0 Å². The van der Waals surface area contributed by atoms with E-state index in [4.69, 9.17) is 9.84 Å². The van der Waals surface area contributed by atoms with Crippen LogP contribution in [0.15, 0.2) is 42.5 Å². The van der Waals surface area contributed by atoms with E-state index in [1.165, 1.54) is 5.56 Å². The van der Waals surface area contributed by atoms with Crippen LogP contribution in [0.3, 0.4) is 0 Å². The van der Waals surface area contributed by atoms with Gasteiger partial charge in [0.15, 0.2) is 0 Å². The molecule has 3 atom stereocenters. The fourth-order valence-corrected chi connectivity index (χ4v) is 3.14. The molecule has 1 unspecified atom stereocenters. The number of benzene rings is 1. The number of rotatable bonds is 5.